The Balaban J connectivity index is 1.65. The zero-order chi connectivity index (χ0) is 23.5. The predicted octanol–water partition coefficient (Wildman–Crippen LogP) is 5.13. The molecule has 0 radical (unpaired) electrons. The monoisotopic (exact) mass is 452 g/mol. The lowest BCUT2D eigenvalue weighted by Gasteiger charge is -2.17. The lowest BCUT2D eigenvalue weighted by molar-refractivity contribution is -0.122. The van der Waals surface area contributed by atoms with Crippen LogP contribution in [0.4, 0.5) is 11.4 Å². The Labute approximate surface area is 189 Å². The minimum atomic E-state index is -3.74. The van der Waals surface area contributed by atoms with Crippen molar-refractivity contribution in [1.29, 1.82) is 0 Å². The molecule has 0 heterocycles. The molecule has 0 bridgehead atoms. The number of hydrogen-bond acceptors (Lipinski definition) is 4. The van der Waals surface area contributed by atoms with Crippen molar-refractivity contribution in [3.63, 3.8) is 0 Å². The molecule has 0 aromatic heterocycles. The fourth-order valence-electron chi connectivity index (χ4n) is 3.16. The van der Waals surface area contributed by atoms with Crippen molar-refractivity contribution in [2.75, 3.05) is 10.0 Å². The average molecular weight is 453 g/mol. The quantitative estimate of drug-likeness (QED) is 0.521. The van der Waals surface area contributed by atoms with E-state index >= 15 is 0 Å². The summed E-state index contributed by atoms with van der Waals surface area (Å²) >= 11 is 0. The molecule has 0 saturated carbocycles. The highest BCUT2D eigenvalue weighted by molar-refractivity contribution is 7.92. The number of hydrogen-bond donors (Lipinski definition) is 2. The molecule has 0 aliphatic heterocycles. The maximum absolute atomic E-state index is 12.7. The smallest absolute Gasteiger partial charge is 0.265 e. The summed E-state index contributed by atoms with van der Waals surface area (Å²) in [6, 6.07) is 17.2. The highest BCUT2D eigenvalue weighted by atomic mass is 32.2. The van der Waals surface area contributed by atoms with Crippen molar-refractivity contribution in [3.05, 3.63) is 82.9 Å². The number of rotatable bonds is 7. The molecule has 0 unspecified atom stereocenters. The Hall–Kier alpha value is -3.32. The van der Waals surface area contributed by atoms with Crippen molar-refractivity contribution in [1.82, 2.24) is 0 Å². The molecule has 3 aromatic rings. The number of nitrogens with one attached hydrogen (secondary N) is 2. The van der Waals surface area contributed by atoms with Crippen LogP contribution >= 0.6 is 0 Å². The maximum Gasteiger partial charge on any atom is 0.265 e. The zero-order valence-corrected chi connectivity index (χ0v) is 19.7. The first-order chi connectivity index (χ1) is 15.0. The van der Waals surface area contributed by atoms with E-state index < -0.39 is 16.1 Å². The maximum atomic E-state index is 12.7. The van der Waals surface area contributed by atoms with Gasteiger partial charge in [-0.1, -0.05) is 23.8 Å². The molecule has 1 amide bonds. The van der Waals surface area contributed by atoms with Crippen LogP contribution in [0.25, 0.3) is 0 Å². The largest absolute Gasteiger partial charge is 0.481 e. The number of carbonyl (C=O) groups is 1. The SMILES string of the molecule is Cc1ccc(O[C@H](C)C(=O)Nc2ccc(S(=O)(=O)Nc3ccc(C)c(C)c3)cc2)c(C)c1. The molecule has 3 aromatic carbocycles. The van der Waals surface area contributed by atoms with E-state index in [1.165, 1.54) is 12.1 Å². The molecule has 0 fully saturated rings. The Morgan fingerprint density at radius 2 is 1.47 bits per heavy atom. The predicted molar refractivity (Wildman–Crippen MR) is 128 cm³/mol. The lowest BCUT2D eigenvalue weighted by Crippen LogP contribution is -2.30. The summed E-state index contributed by atoms with van der Waals surface area (Å²) in [4.78, 5) is 12.6. The number of benzene rings is 3. The minimum absolute atomic E-state index is 0.105. The first-order valence-electron chi connectivity index (χ1n) is 10.3. The van der Waals surface area contributed by atoms with E-state index in [0.717, 1.165) is 22.3 Å². The van der Waals surface area contributed by atoms with Gasteiger partial charge in [-0.05, 0) is 93.8 Å². The summed E-state index contributed by atoms with van der Waals surface area (Å²) in [6.45, 7) is 9.48. The summed E-state index contributed by atoms with van der Waals surface area (Å²) in [7, 11) is -3.74. The van der Waals surface area contributed by atoms with Gasteiger partial charge in [0.1, 0.15) is 5.75 Å². The number of anilines is 2. The van der Waals surface area contributed by atoms with Gasteiger partial charge in [0.15, 0.2) is 6.10 Å². The van der Waals surface area contributed by atoms with Crippen LogP contribution < -0.4 is 14.8 Å². The fraction of sp³-hybridized carbons (Fsp3) is 0.240. The molecule has 7 heteroatoms. The van der Waals surface area contributed by atoms with Gasteiger partial charge < -0.3 is 10.1 Å². The van der Waals surface area contributed by atoms with Crippen molar-refractivity contribution in [3.8, 4) is 5.75 Å². The van der Waals surface area contributed by atoms with Crippen LogP contribution in [-0.4, -0.2) is 20.4 Å². The number of ether oxygens (including phenoxy) is 1. The molecule has 2 N–H and O–H groups in total. The van der Waals surface area contributed by atoms with Gasteiger partial charge in [0, 0.05) is 11.4 Å². The van der Waals surface area contributed by atoms with E-state index in [2.05, 4.69) is 10.0 Å². The summed E-state index contributed by atoms with van der Waals surface area (Å²) in [5.41, 5.74) is 5.15. The van der Waals surface area contributed by atoms with Crippen molar-refractivity contribution in [2.45, 2.75) is 45.6 Å². The van der Waals surface area contributed by atoms with Gasteiger partial charge in [0.2, 0.25) is 0 Å². The van der Waals surface area contributed by atoms with E-state index in [-0.39, 0.29) is 10.8 Å². The number of aryl methyl sites for hydroxylation is 4. The van der Waals surface area contributed by atoms with Crippen LogP contribution in [-0.2, 0) is 14.8 Å². The Morgan fingerprint density at radius 3 is 2.09 bits per heavy atom. The van der Waals surface area contributed by atoms with E-state index in [9.17, 15) is 13.2 Å². The minimum Gasteiger partial charge on any atom is -0.481 e. The third kappa shape index (κ3) is 5.68. The van der Waals surface area contributed by atoms with Crippen LogP contribution in [0.3, 0.4) is 0 Å². The molecule has 32 heavy (non-hydrogen) atoms. The molecule has 3 rings (SSSR count). The second-order valence-electron chi connectivity index (χ2n) is 7.95. The molecule has 1 atom stereocenters. The molecule has 0 aliphatic carbocycles. The van der Waals surface area contributed by atoms with Crippen LogP contribution in [0.5, 0.6) is 5.75 Å². The topological polar surface area (TPSA) is 84.5 Å². The first-order valence-corrected chi connectivity index (χ1v) is 11.8. The van der Waals surface area contributed by atoms with Gasteiger partial charge in [0.25, 0.3) is 15.9 Å². The molecule has 0 saturated heterocycles. The van der Waals surface area contributed by atoms with Gasteiger partial charge in [-0.3, -0.25) is 9.52 Å². The zero-order valence-electron chi connectivity index (χ0n) is 18.9. The molecule has 168 valence electrons. The number of amides is 1. The van der Waals surface area contributed by atoms with Gasteiger partial charge in [-0.15, -0.1) is 0 Å². The van der Waals surface area contributed by atoms with Gasteiger partial charge in [-0.2, -0.15) is 0 Å². The van der Waals surface area contributed by atoms with E-state index in [1.807, 2.05) is 52.0 Å². The van der Waals surface area contributed by atoms with Crippen molar-refractivity contribution in [2.24, 2.45) is 0 Å². The lowest BCUT2D eigenvalue weighted by atomic mass is 10.1. The van der Waals surface area contributed by atoms with Gasteiger partial charge in [0.05, 0.1) is 4.90 Å². The summed E-state index contributed by atoms with van der Waals surface area (Å²) in [6.07, 6.45) is -0.716. The van der Waals surface area contributed by atoms with Crippen molar-refractivity contribution < 1.29 is 17.9 Å². The third-order valence-corrected chi connectivity index (χ3v) is 6.59. The van der Waals surface area contributed by atoms with Crippen molar-refractivity contribution >= 4 is 27.3 Å². The molecule has 0 aliphatic rings. The van der Waals surface area contributed by atoms with E-state index in [4.69, 9.17) is 4.74 Å². The normalized spacial score (nSPS) is 12.2. The molecule has 0 spiro atoms. The van der Waals surface area contributed by atoms with Crippen LogP contribution in [0, 0.1) is 27.7 Å². The molecular weight excluding hydrogens is 424 g/mol. The Kier molecular flexibility index (Phi) is 6.89. The van der Waals surface area contributed by atoms with Crippen LogP contribution in [0.1, 0.15) is 29.2 Å². The average Bonchev–Trinajstić information content (AvgIpc) is 2.73. The molecular formula is C25H28N2O4S. The highest BCUT2D eigenvalue weighted by Crippen LogP contribution is 2.22. The van der Waals surface area contributed by atoms with Crippen LogP contribution in [0.15, 0.2) is 65.6 Å². The number of sulfonamides is 1. The first kappa shape index (κ1) is 23.3. The summed E-state index contributed by atoms with van der Waals surface area (Å²) in [5.74, 6) is 0.325. The Morgan fingerprint density at radius 1 is 0.812 bits per heavy atom. The summed E-state index contributed by atoms with van der Waals surface area (Å²) < 4.78 is 33.7. The second kappa shape index (κ2) is 9.44. The van der Waals surface area contributed by atoms with Gasteiger partial charge >= 0.3 is 0 Å². The fourth-order valence-corrected chi connectivity index (χ4v) is 4.21. The standard InChI is InChI=1S/C25H28N2O4S/c1-16-6-13-24(19(4)14-16)31-20(5)25(28)26-21-9-11-23(12-10-21)32(29,30)27-22-8-7-17(2)18(3)15-22/h6-15,20,27H,1-5H3,(H,26,28)/t20-/m1/s1. The number of carbonyl (C=O) groups excluding carboxylic acids is 1. The highest BCUT2D eigenvalue weighted by Gasteiger charge is 2.18. The third-order valence-electron chi connectivity index (χ3n) is 5.19. The van der Waals surface area contributed by atoms with E-state index in [1.54, 1.807) is 31.2 Å². The second-order valence-corrected chi connectivity index (χ2v) is 9.63. The van der Waals surface area contributed by atoms with Crippen LogP contribution in [0.2, 0.25) is 0 Å². The Bertz CT molecular complexity index is 1240. The van der Waals surface area contributed by atoms with Gasteiger partial charge in [-0.25, -0.2) is 8.42 Å². The molecule has 6 nitrogen and oxygen atoms in total. The summed E-state index contributed by atoms with van der Waals surface area (Å²) in [5, 5.41) is 2.76. The van der Waals surface area contributed by atoms with E-state index in [0.29, 0.717) is 17.1 Å².